The summed E-state index contributed by atoms with van der Waals surface area (Å²) in [5.74, 6) is 0. The Morgan fingerprint density at radius 2 is 1.75 bits per heavy atom. The van der Waals surface area contributed by atoms with Crippen molar-refractivity contribution in [3.63, 3.8) is 0 Å². The van der Waals surface area contributed by atoms with Gasteiger partial charge in [-0.15, -0.1) is 0 Å². The molecule has 2 atom stereocenters. The van der Waals surface area contributed by atoms with Gasteiger partial charge < -0.3 is 0 Å². The molecule has 124 valence electrons. The third-order valence-corrected chi connectivity index (χ3v) is 4.24. The summed E-state index contributed by atoms with van der Waals surface area (Å²) in [6.07, 6.45) is 7.72. The van der Waals surface area contributed by atoms with Crippen molar-refractivity contribution in [2.75, 3.05) is 0 Å². The highest BCUT2D eigenvalue weighted by Crippen LogP contribution is 2.27. The Hall–Kier alpha value is -2.46. The van der Waals surface area contributed by atoms with Gasteiger partial charge in [0.1, 0.15) is 0 Å². The molecule has 2 heterocycles. The first kappa shape index (κ1) is 16.4. The Kier molecular flexibility index (Phi) is 4.76. The largest absolute Gasteiger partial charge is 0.299 e. The second kappa shape index (κ2) is 6.97. The van der Waals surface area contributed by atoms with Crippen molar-refractivity contribution in [2.45, 2.75) is 32.9 Å². The average molecular weight is 320 g/mol. The van der Waals surface area contributed by atoms with Crippen LogP contribution in [0.25, 0.3) is 0 Å². The fraction of sp³-hybridized carbons (Fsp3) is 0.300. The van der Waals surface area contributed by atoms with Gasteiger partial charge in [-0.3, -0.25) is 15.0 Å². The summed E-state index contributed by atoms with van der Waals surface area (Å²) < 4.78 is 1.84. The van der Waals surface area contributed by atoms with Gasteiger partial charge in [-0.1, -0.05) is 35.4 Å². The van der Waals surface area contributed by atoms with E-state index in [9.17, 15) is 0 Å². The molecular formula is C20H24N4. The van der Waals surface area contributed by atoms with Gasteiger partial charge >= 0.3 is 0 Å². The number of pyridine rings is 1. The molecule has 2 aromatic heterocycles. The van der Waals surface area contributed by atoms with Crippen LogP contribution < -0.4 is 5.32 Å². The maximum atomic E-state index is 4.30. The number of nitrogens with one attached hydrogen (secondary N) is 1. The predicted octanol–water partition coefficient (Wildman–Crippen LogP) is 3.87. The fourth-order valence-corrected chi connectivity index (χ4v) is 3.12. The van der Waals surface area contributed by atoms with E-state index in [1.807, 2.05) is 36.4 Å². The van der Waals surface area contributed by atoms with Gasteiger partial charge in [0.15, 0.2) is 0 Å². The highest BCUT2D eigenvalue weighted by Gasteiger charge is 2.19. The molecule has 0 spiro atoms. The van der Waals surface area contributed by atoms with E-state index in [2.05, 4.69) is 66.6 Å². The first-order valence-corrected chi connectivity index (χ1v) is 8.25. The van der Waals surface area contributed by atoms with Crippen molar-refractivity contribution < 1.29 is 0 Å². The molecule has 0 aliphatic heterocycles. The molecule has 3 aromatic rings. The Morgan fingerprint density at radius 3 is 2.33 bits per heavy atom. The number of hydrogen-bond acceptors (Lipinski definition) is 3. The highest BCUT2D eigenvalue weighted by atomic mass is 15.2. The molecule has 0 saturated carbocycles. The first-order chi connectivity index (χ1) is 11.5. The van der Waals surface area contributed by atoms with Crippen molar-refractivity contribution in [1.82, 2.24) is 20.1 Å². The van der Waals surface area contributed by atoms with Crippen molar-refractivity contribution in [1.29, 1.82) is 0 Å². The zero-order valence-corrected chi connectivity index (χ0v) is 14.7. The number of aromatic nitrogens is 3. The molecule has 24 heavy (non-hydrogen) atoms. The molecule has 1 N–H and O–H groups in total. The maximum absolute atomic E-state index is 4.30. The van der Waals surface area contributed by atoms with E-state index in [0.29, 0.717) is 0 Å². The number of nitrogens with zero attached hydrogens (tertiary/aromatic N) is 3. The molecule has 4 nitrogen and oxygen atoms in total. The van der Waals surface area contributed by atoms with E-state index < -0.39 is 0 Å². The Balaban J connectivity index is 1.96. The minimum Gasteiger partial charge on any atom is -0.299 e. The van der Waals surface area contributed by atoms with E-state index >= 15 is 0 Å². The van der Waals surface area contributed by atoms with Gasteiger partial charge in [0.05, 0.1) is 12.2 Å². The van der Waals surface area contributed by atoms with E-state index in [0.717, 1.165) is 0 Å². The highest BCUT2D eigenvalue weighted by molar-refractivity contribution is 5.36. The second-order valence-corrected chi connectivity index (χ2v) is 6.48. The van der Waals surface area contributed by atoms with Crippen molar-refractivity contribution in [3.8, 4) is 0 Å². The lowest BCUT2D eigenvalue weighted by molar-refractivity contribution is 0.515. The number of aryl methyl sites for hydroxylation is 3. The smallest absolute Gasteiger partial charge is 0.0596 e. The standard InChI is InChI=1S/C20H24N4/c1-14-8-15(2)10-18(9-14)20(17-6-5-7-21-11-17)23-16(3)19-12-22-24(4)13-19/h5-13,16,20,23H,1-4H3/t16-,20-/m0/s1. The van der Waals surface area contributed by atoms with Gasteiger partial charge in [-0.2, -0.15) is 5.10 Å². The Morgan fingerprint density at radius 1 is 1.00 bits per heavy atom. The molecule has 0 bridgehead atoms. The molecule has 0 fully saturated rings. The van der Waals surface area contributed by atoms with Crippen LogP contribution in [0.2, 0.25) is 0 Å². The van der Waals surface area contributed by atoms with Crippen LogP contribution in [0.5, 0.6) is 0 Å². The van der Waals surface area contributed by atoms with Crippen LogP contribution >= 0.6 is 0 Å². The number of rotatable bonds is 5. The topological polar surface area (TPSA) is 42.7 Å². The second-order valence-electron chi connectivity index (χ2n) is 6.48. The normalized spacial score (nSPS) is 13.7. The molecule has 0 aliphatic carbocycles. The molecule has 0 amide bonds. The lowest BCUT2D eigenvalue weighted by atomic mass is 9.95. The molecule has 3 rings (SSSR count). The summed E-state index contributed by atoms with van der Waals surface area (Å²) in [7, 11) is 1.94. The summed E-state index contributed by atoms with van der Waals surface area (Å²) in [4.78, 5) is 4.30. The molecule has 0 radical (unpaired) electrons. The van der Waals surface area contributed by atoms with Crippen LogP contribution in [0.4, 0.5) is 0 Å². The third kappa shape index (κ3) is 3.71. The van der Waals surface area contributed by atoms with Crippen LogP contribution in [0.15, 0.2) is 55.1 Å². The predicted molar refractivity (Wildman–Crippen MR) is 96.8 cm³/mol. The molecule has 0 aliphatic rings. The summed E-state index contributed by atoms with van der Waals surface area (Å²) in [6.45, 7) is 6.45. The lowest BCUT2D eigenvalue weighted by Crippen LogP contribution is -2.25. The summed E-state index contributed by atoms with van der Waals surface area (Å²) in [5.41, 5.74) is 6.15. The Bertz CT molecular complexity index is 787. The monoisotopic (exact) mass is 320 g/mol. The van der Waals surface area contributed by atoms with E-state index in [-0.39, 0.29) is 12.1 Å². The molecule has 0 unspecified atom stereocenters. The van der Waals surface area contributed by atoms with Gasteiger partial charge in [-0.05, 0) is 38.0 Å². The fourth-order valence-electron chi connectivity index (χ4n) is 3.12. The zero-order valence-electron chi connectivity index (χ0n) is 14.7. The molecule has 4 heteroatoms. The van der Waals surface area contributed by atoms with E-state index in [1.165, 1.54) is 27.8 Å². The molecule has 1 aromatic carbocycles. The van der Waals surface area contributed by atoms with Gasteiger partial charge in [0, 0.05) is 37.2 Å². The van der Waals surface area contributed by atoms with Gasteiger partial charge in [-0.25, -0.2) is 0 Å². The van der Waals surface area contributed by atoms with Crippen molar-refractivity contribution in [3.05, 3.63) is 82.9 Å². The third-order valence-electron chi connectivity index (χ3n) is 4.24. The van der Waals surface area contributed by atoms with Crippen LogP contribution in [0, 0.1) is 13.8 Å². The maximum Gasteiger partial charge on any atom is 0.0596 e. The van der Waals surface area contributed by atoms with Crippen LogP contribution in [0.1, 0.15) is 46.8 Å². The first-order valence-electron chi connectivity index (χ1n) is 8.25. The summed E-state index contributed by atoms with van der Waals surface area (Å²) >= 11 is 0. The zero-order chi connectivity index (χ0) is 17.1. The van der Waals surface area contributed by atoms with Crippen LogP contribution in [0.3, 0.4) is 0 Å². The quantitative estimate of drug-likeness (QED) is 0.776. The van der Waals surface area contributed by atoms with E-state index in [4.69, 9.17) is 0 Å². The Labute approximate surface area is 143 Å². The number of hydrogen-bond donors (Lipinski definition) is 1. The van der Waals surface area contributed by atoms with Gasteiger partial charge in [0.2, 0.25) is 0 Å². The van der Waals surface area contributed by atoms with Crippen molar-refractivity contribution >= 4 is 0 Å². The van der Waals surface area contributed by atoms with Gasteiger partial charge in [0.25, 0.3) is 0 Å². The number of benzene rings is 1. The summed E-state index contributed by atoms with van der Waals surface area (Å²) in [5, 5.41) is 8.02. The minimum absolute atomic E-state index is 0.0903. The lowest BCUT2D eigenvalue weighted by Gasteiger charge is -2.24. The molecule has 0 saturated heterocycles. The van der Waals surface area contributed by atoms with Crippen LogP contribution in [-0.2, 0) is 7.05 Å². The SMILES string of the molecule is Cc1cc(C)cc([C@@H](N[C@@H](C)c2cnn(C)c2)c2cccnc2)c1. The average Bonchev–Trinajstić information content (AvgIpc) is 2.99. The summed E-state index contributed by atoms with van der Waals surface area (Å²) in [6, 6.07) is 11.1. The van der Waals surface area contributed by atoms with Crippen molar-refractivity contribution in [2.24, 2.45) is 7.05 Å². The van der Waals surface area contributed by atoms with Crippen LogP contribution in [-0.4, -0.2) is 14.8 Å². The minimum atomic E-state index is 0.0903. The van der Waals surface area contributed by atoms with E-state index in [1.54, 1.807) is 0 Å². The molecular weight excluding hydrogens is 296 g/mol.